The third-order valence-electron chi connectivity index (χ3n) is 3.45. The van der Waals surface area contributed by atoms with Gasteiger partial charge in [-0.05, 0) is 41.5 Å². The summed E-state index contributed by atoms with van der Waals surface area (Å²) in [6.07, 6.45) is 5.45. The zero-order valence-corrected chi connectivity index (χ0v) is 14.0. The molecule has 0 spiro atoms. The Morgan fingerprint density at radius 3 is 2.25 bits per heavy atom. The fourth-order valence-corrected chi connectivity index (χ4v) is 2.15. The lowest BCUT2D eigenvalue weighted by Gasteiger charge is -2.07. The van der Waals surface area contributed by atoms with Gasteiger partial charge in [-0.1, -0.05) is 36.4 Å². The molecule has 0 atom stereocenters. The smallest absolute Gasteiger partial charge is 0.338 e. The van der Waals surface area contributed by atoms with Gasteiger partial charge in [0.2, 0.25) is 0 Å². The number of esters is 1. The van der Waals surface area contributed by atoms with Gasteiger partial charge in [0.1, 0.15) is 11.5 Å². The van der Waals surface area contributed by atoms with Gasteiger partial charge >= 0.3 is 5.97 Å². The van der Waals surface area contributed by atoms with Crippen LogP contribution in [0.4, 0.5) is 0 Å². The number of allylic oxidation sites excluding steroid dienone is 2. The van der Waals surface area contributed by atoms with E-state index in [2.05, 4.69) is 0 Å². The number of hydrogen-bond acceptors (Lipinski definition) is 4. The Kier molecular flexibility index (Phi) is 6.20. The van der Waals surface area contributed by atoms with Crippen molar-refractivity contribution < 1.29 is 19.0 Å². The van der Waals surface area contributed by atoms with E-state index in [0.717, 1.165) is 16.9 Å². The summed E-state index contributed by atoms with van der Waals surface area (Å²) in [6, 6.07) is 14.9. The molecule has 0 aromatic heterocycles. The van der Waals surface area contributed by atoms with Crippen molar-refractivity contribution in [3.63, 3.8) is 0 Å². The lowest BCUT2D eigenvalue weighted by atomic mass is 10.0. The molecule has 0 saturated heterocycles. The van der Waals surface area contributed by atoms with Crippen molar-refractivity contribution >= 4 is 17.6 Å². The van der Waals surface area contributed by atoms with Gasteiger partial charge < -0.3 is 14.2 Å². The first-order valence-corrected chi connectivity index (χ1v) is 7.43. The van der Waals surface area contributed by atoms with E-state index in [1.165, 1.54) is 7.11 Å². The summed E-state index contributed by atoms with van der Waals surface area (Å²) in [5.74, 6) is 1.08. The van der Waals surface area contributed by atoms with Crippen LogP contribution in [0.2, 0.25) is 0 Å². The molecule has 0 unspecified atom stereocenters. The molecule has 2 rings (SSSR count). The predicted octanol–water partition coefficient (Wildman–Crippen LogP) is 3.97. The number of rotatable bonds is 6. The van der Waals surface area contributed by atoms with Crippen molar-refractivity contribution in [3.8, 4) is 11.5 Å². The van der Waals surface area contributed by atoms with Gasteiger partial charge in [-0.2, -0.15) is 0 Å². The SMILES string of the molecule is COC(=O)/C(=C/C=C/c1ccc(OC)cc1)c1cccc(OC)c1. The molecule has 4 nitrogen and oxygen atoms in total. The third kappa shape index (κ3) is 4.49. The molecular formula is C20H20O4. The summed E-state index contributed by atoms with van der Waals surface area (Å²) < 4.78 is 15.2. The lowest BCUT2D eigenvalue weighted by molar-refractivity contribution is -0.133. The van der Waals surface area contributed by atoms with Gasteiger partial charge in [-0.15, -0.1) is 0 Å². The summed E-state index contributed by atoms with van der Waals surface area (Å²) in [5, 5.41) is 0. The zero-order valence-electron chi connectivity index (χ0n) is 14.0. The maximum atomic E-state index is 12.1. The van der Waals surface area contributed by atoms with Crippen LogP contribution in [-0.4, -0.2) is 27.3 Å². The van der Waals surface area contributed by atoms with Crippen molar-refractivity contribution in [2.24, 2.45) is 0 Å². The van der Waals surface area contributed by atoms with Crippen LogP contribution in [0.15, 0.2) is 60.7 Å². The third-order valence-corrected chi connectivity index (χ3v) is 3.45. The van der Waals surface area contributed by atoms with Crippen LogP contribution >= 0.6 is 0 Å². The molecule has 0 heterocycles. The minimum Gasteiger partial charge on any atom is -0.497 e. The highest BCUT2D eigenvalue weighted by molar-refractivity contribution is 6.17. The molecule has 0 bridgehead atoms. The second kappa shape index (κ2) is 8.58. The second-order valence-corrected chi connectivity index (χ2v) is 4.94. The van der Waals surface area contributed by atoms with Gasteiger partial charge in [0.25, 0.3) is 0 Å². The molecule has 0 amide bonds. The van der Waals surface area contributed by atoms with E-state index in [-0.39, 0.29) is 0 Å². The molecule has 124 valence electrons. The van der Waals surface area contributed by atoms with E-state index >= 15 is 0 Å². The van der Waals surface area contributed by atoms with E-state index < -0.39 is 5.97 Å². The second-order valence-electron chi connectivity index (χ2n) is 4.94. The van der Waals surface area contributed by atoms with E-state index in [1.54, 1.807) is 26.4 Å². The Morgan fingerprint density at radius 1 is 0.917 bits per heavy atom. The van der Waals surface area contributed by atoms with Crippen LogP contribution in [-0.2, 0) is 9.53 Å². The quantitative estimate of drug-likeness (QED) is 0.458. The molecule has 0 aliphatic rings. The molecule has 24 heavy (non-hydrogen) atoms. The minimum atomic E-state index is -0.400. The fourth-order valence-electron chi connectivity index (χ4n) is 2.15. The molecule has 0 N–H and O–H groups in total. The first kappa shape index (κ1) is 17.3. The number of methoxy groups -OCH3 is 3. The van der Waals surface area contributed by atoms with Crippen molar-refractivity contribution in [3.05, 3.63) is 71.8 Å². The standard InChI is InChI=1S/C20H20O4/c1-22-17-12-10-15(11-13-17)6-4-9-19(20(21)24-3)16-7-5-8-18(14-16)23-2/h4-14H,1-3H3/b6-4+,19-9+. The molecular weight excluding hydrogens is 304 g/mol. The average molecular weight is 324 g/mol. The van der Waals surface area contributed by atoms with Gasteiger partial charge in [-0.25, -0.2) is 4.79 Å². The Morgan fingerprint density at radius 2 is 1.62 bits per heavy atom. The summed E-state index contributed by atoms with van der Waals surface area (Å²) in [7, 11) is 4.58. The maximum absolute atomic E-state index is 12.1. The largest absolute Gasteiger partial charge is 0.497 e. The van der Waals surface area contributed by atoms with Crippen LogP contribution in [0.5, 0.6) is 11.5 Å². The fraction of sp³-hybridized carbons (Fsp3) is 0.150. The summed E-state index contributed by atoms with van der Waals surface area (Å²) in [6.45, 7) is 0. The molecule has 2 aromatic rings. The van der Waals surface area contributed by atoms with Crippen molar-refractivity contribution in [1.29, 1.82) is 0 Å². The molecule has 4 heteroatoms. The molecule has 0 aliphatic carbocycles. The van der Waals surface area contributed by atoms with Crippen LogP contribution in [0.25, 0.3) is 11.6 Å². The van der Waals surface area contributed by atoms with E-state index in [1.807, 2.05) is 54.6 Å². The van der Waals surface area contributed by atoms with Crippen molar-refractivity contribution in [1.82, 2.24) is 0 Å². The Bertz CT molecular complexity index is 742. The van der Waals surface area contributed by atoms with Crippen molar-refractivity contribution in [2.75, 3.05) is 21.3 Å². The Labute approximate surface area is 142 Å². The Balaban J connectivity index is 2.27. The maximum Gasteiger partial charge on any atom is 0.338 e. The number of carbonyl (C=O) groups is 1. The molecule has 0 radical (unpaired) electrons. The summed E-state index contributed by atoms with van der Waals surface area (Å²) >= 11 is 0. The Hall–Kier alpha value is -3.01. The van der Waals surface area contributed by atoms with Crippen molar-refractivity contribution in [2.45, 2.75) is 0 Å². The van der Waals surface area contributed by atoms with Crippen LogP contribution in [0.3, 0.4) is 0 Å². The zero-order chi connectivity index (χ0) is 17.4. The molecule has 2 aromatic carbocycles. The highest BCUT2D eigenvalue weighted by Crippen LogP contribution is 2.21. The highest BCUT2D eigenvalue weighted by Gasteiger charge is 2.12. The van der Waals surface area contributed by atoms with Crippen LogP contribution < -0.4 is 9.47 Å². The normalized spacial score (nSPS) is 11.4. The van der Waals surface area contributed by atoms with E-state index in [9.17, 15) is 4.79 Å². The number of carbonyl (C=O) groups excluding carboxylic acids is 1. The van der Waals surface area contributed by atoms with Crippen LogP contribution in [0, 0.1) is 0 Å². The topological polar surface area (TPSA) is 44.8 Å². The number of hydrogen-bond donors (Lipinski definition) is 0. The average Bonchev–Trinajstić information content (AvgIpc) is 2.65. The minimum absolute atomic E-state index is 0.400. The van der Waals surface area contributed by atoms with Gasteiger partial charge in [-0.3, -0.25) is 0 Å². The monoisotopic (exact) mass is 324 g/mol. The number of benzene rings is 2. The highest BCUT2D eigenvalue weighted by atomic mass is 16.5. The molecule has 0 saturated carbocycles. The summed E-state index contributed by atoms with van der Waals surface area (Å²) in [5.41, 5.74) is 2.20. The van der Waals surface area contributed by atoms with E-state index in [4.69, 9.17) is 14.2 Å². The molecule has 0 fully saturated rings. The summed E-state index contributed by atoms with van der Waals surface area (Å²) in [4.78, 5) is 12.1. The van der Waals surface area contributed by atoms with Crippen LogP contribution in [0.1, 0.15) is 11.1 Å². The molecule has 0 aliphatic heterocycles. The first-order chi connectivity index (χ1) is 11.7. The lowest BCUT2D eigenvalue weighted by Crippen LogP contribution is -2.03. The van der Waals surface area contributed by atoms with E-state index in [0.29, 0.717) is 11.3 Å². The predicted molar refractivity (Wildman–Crippen MR) is 95.0 cm³/mol. The van der Waals surface area contributed by atoms with Gasteiger partial charge in [0.05, 0.1) is 26.9 Å². The van der Waals surface area contributed by atoms with Gasteiger partial charge in [0.15, 0.2) is 0 Å². The first-order valence-electron chi connectivity index (χ1n) is 7.43. The van der Waals surface area contributed by atoms with Gasteiger partial charge in [0, 0.05) is 0 Å². The number of ether oxygens (including phenoxy) is 3.